The van der Waals surface area contributed by atoms with Gasteiger partial charge in [0.25, 0.3) is 0 Å². The van der Waals surface area contributed by atoms with E-state index < -0.39 is 0 Å². The summed E-state index contributed by atoms with van der Waals surface area (Å²) in [5.74, 6) is 0.820. The molecular weight excluding hydrogens is 256 g/mol. The Morgan fingerprint density at radius 3 is 3.10 bits per heavy atom. The summed E-state index contributed by atoms with van der Waals surface area (Å²) >= 11 is 0. The predicted octanol–water partition coefficient (Wildman–Crippen LogP) is 2.59. The number of benzene rings is 1. The second-order valence-electron chi connectivity index (χ2n) is 4.75. The van der Waals surface area contributed by atoms with Gasteiger partial charge in [-0.1, -0.05) is 0 Å². The van der Waals surface area contributed by atoms with Gasteiger partial charge in [0.1, 0.15) is 12.4 Å². The minimum Gasteiger partial charge on any atom is -0.491 e. The van der Waals surface area contributed by atoms with Crippen molar-refractivity contribution in [2.45, 2.75) is 25.9 Å². The van der Waals surface area contributed by atoms with E-state index in [1.165, 1.54) is 0 Å². The Balaban J connectivity index is 1.71. The highest BCUT2D eigenvalue weighted by molar-refractivity contribution is 5.79. The molecule has 2 aromatic rings. The first-order chi connectivity index (χ1) is 9.85. The Labute approximate surface area is 117 Å². The summed E-state index contributed by atoms with van der Waals surface area (Å²) in [4.78, 5) is 8.49. The van der Waals surface area contributed by atoms with Crippen LogP contribution in [0.2, 0.25) is 0 Å². The van der Waals surface area contributed by atoms with Gasteiger partial charge in [0.2, 0.25) is 0 Å². The van der Waals surface area contributed by atoms with Crippen molar-refractivity contribution in [2.24, 2.45) is 0 Å². The molecule has 0 spiro atoms. The molecule has 1 aromatic heterocycles. The van der Waals surface area contributed by atoms with Crippen molar-refractivity contribution in [1.82, 2.24) is 9.97 Å². The number of rotatable bonds is 5. The van der Waals surface area contributed by atoms with Crippen LogP contribution >= 0.6 is 0 Å². The number of ether oxygens (including phenoxy) is 3. The van der Waals surface area contributed by atoms with E-state index in [2.05, 4.69) is 9.97 Å². The van der Waals surface area contributed by atoms with E-state index in [-0.39, 0.29) is 6.10 Å². The Bertz CT molecular complexity index is 582. The molecule has 1 aliphatic heterocycles. The molecule has 20 heavy (non-hydrogen) atoms. The van der Waals surface area contributed by atoms with Crippen molar-refractivity contribution in [3.05, 3.63) is 24.4 Å². The monoisotopic (exact) mass is 274 g/mol. The molecular formula is C15H18N2O3. The highest BCUT2D eigenvalue weighted by Gasteiger charge is 2.16. The summed E-state index contributed by atoms with van der Waals surface area (Å²) in [6.07, 6.45) is 4.18. The summed E-state index contributed by atoms with van der Waals surface area (Å²) in [6.45, 7) is 3.92. The maximum atomic E-state index is 5.76. The van der Waals surface area contributed by atoms with Gasteiger partial charge in [0.15, 0.2) is 0 Å². The van der Waals surface area contributed by atoms with E-state index in [1.807, 2.05) is 25.1 Å². The van der Waals surface area contributed by atoms with Crippen LogP contribution in [0.15, 0.2) is 24.4 Å². The Hall–Kier alpha value is -1.88. The van der Waals surface area contributed by atoms with Crippen molar-refractivity contribution >= 4 is 10.9 Å². The summed E-state index contributed by atoms with van der Waals surface area (Å²) < 4.78 is 16.6. The molecule has 1 aromatic carbocycles. The lowest BCUT2D eigenvalue weighted by atomic mass is 10.2. The molecule has 3 rings (SSSR count). The third kappa shape index (κ3) is 2.99. The van der Waals surface area contributed by atoms with Crippen LogP contribution in [-0.2, 0) is 4.74 Å². The van der Waals surface area contributed by atoms with Crippen LogP contribution in [-0.4, -0.2) is 35.9 Å². The lowest BCUT2D eigenvalue weighted by Crippen LogP contribution is -2.16. The van der Waals surface area contributed by atoms with E-state index in [0.29, 0.717) is 19.2 Å². The lowest BCUT2D eigenvalue weighted by Gasteiger charge is -2.11. The average Bonchev–Trinajstić information content (AvgIpc) is 2.99. The molecule has 0 N–H and O–H groups in total. The number of hydrogen-bond donors (Lipinski definition) is 0. The van der Waals surface area contributed by atoms with Crippen LogP contribution in [0.5, 0.6) is 11.8 Å². The summed E-state index contributed by atoms with van der Waals surface area (Å²) in [5.41, 5.74) is 0.855. The van der Waals surface area contributed by atoms with Gasteiger partial charge < -0.3 is 14.2 Å². The largest absolute Gasteiger partial charge is 0.491 e. The third-order valence-corrected chi connectivity index (χ3v) is 3.26. The van der Waals surface area contributed by atoms with Crippen LogP contribution in [0.25, 0.3) is 10.9 Å². The molecule has 0 saturated carbocycles. The molecule has 5 heteroatoms. The zero-order chi connectivity index (χ0) is 13.8. The first-order valence-corrected chi connectivity index (χ1v) is 6.99. The maximum absolute atomic E-state index is 5.76. The third-order valence-electron chi connectivity index (χ3n) is 3.26. The minimum atomic E-state index is 0.224. The van der Waals surface area contributed by atoms with Crippen LogP contribution in [0.3, 0.4) is 0 Å². The Morgan fingerprint density at radius 1 is 1.35 bits per heavy atom. The molecule has 0 aliphatic carbocycles. The molecule has 0 bridgehead atoms. The number of fused-ring (bicyclic) bond motifs is 1. The van der Waals surface area contributed by atoms with Gasteiger partial charge in [-0.15, -0.1) is 0 Å². The van der Waals surface area contributed by atoms with E-state index in [4.69, 9.17) is 14.2 Å². The van der Waals surface area contributed by atoms with E-state index in [1.54, 1.807) is 6.20 Å². The molecule has 0 amide bonds. The summed E-state index contributed by atoms with van der Waals surface area (Å²) in [7, 11) is 0. The quantitative estimate of drug-likeness (QED) is 0.838. The number of nitrogens with zero attached hydrogens (tertiary/aromatic N) is 2. The van der Waals surface area contributed by atoms with Gasteiger partial charge in [0, 0.05) is 18.2 Å². The van der Waals surface area contributed by atoms with Crippen LogP contribution in [0.1, 0.15) is 19.8 Å². The summed E-state index contributed by atoms with van der Waals surface area (Å²) in [5, 5.41) is 0.943. The first-order valence-electron chi connectivity index (χ1n) is 6.99. The molecule has 106 valence electrons. The summed E-state index contributed by atoms with van der Waals surface area (Å²) in [6, 6.07) is 6.19. The van der Waals surface area contributed by atoms with Gasteiger partial charge in [0.05, 0.1) is 18.2 Å². The second kappa shape index (κ2) is 6.05. The Morgan fingerprint density at radius 2 is 2.30 bits per heavy atom. The van der Waals surface area contributed by atoms with E-state index in [0.717, 1.165) is 36.1 Å². The molecule has 1 aliphatic rings. The zero-order valence-corrected chi connectivity index (χ0v) is 11.5. The molecule has 1 atom stereocenters. The van der Waals surface area contributed by atoms with Crippen molar-refractivity contribution < 1.29 is 14.2 Å². The van der Waals surface area contributed by atoms with Crippen molar-refractivity contribution in [1.29, 1.82) is 0 Å². The van der Waals surface area contributed by atoms with Gasteiger partial charge in [-0.25, -0.2) is 4.98 Å². The highest BCUT2D eigenvalue weighted by atomic mass is 16.5. The van der Waals surface area contributed by atoms with Gasteiger partial charge in [-0.2, -0.15) is 4.98 Å². The first kappa shape index (κ1) is 13.1. The average molecular weight is 274 g/mol. The molecule has 5 nitrogen and oxygen atoms in total. The second-order valence-corrected chi connectivity index (χ2v) is 4.75. The standard InChI is InChI=1S/C15H18N2O3/c1-2-18-15-16-9-11-8-12(5-6-14(11)17-15)20-10-13-4-3-7-19-13/h5-6,8-9,13H,2-4,7,10H2,1H3/t13-/m0/s1. The SMILES string of the molecule is CCOc1ncc2cc(OC[C@@H]3CCCO3)ccc2n1. The minimum absolute atomic E-state index is 0.224. The van der Waals surface area contributed by atoms with Gasteiger partial charge in [-0.3, -0.25) is 0 Å². The number of aromatic nitrogens is 2. The van der Waals surface area contributed by atoms with E-state index >= 15 is 0 Å². The fraction of sp³-hybridized carbons (Fsp3) is 0.467. The normalized spacial score (nSPS) is 18.4. The topological polar surface area (TPSA) is 53.5 Å². The highest BCUT2D eigenvalue weighted by Crippen LogP contribution is 2.21. The number of hydrogen-bond acceptors (Lipinski definition) is 5. The van der Waals surface area contributed by atoms with Gasteiger partial charge in [-0.05, 0) is 38.0 Å². The fourth-order valence-electron chi connectivity index (χ4n) is 2.25. The predicted molar refractivity (Wildman–Crippen MR) is 75.2 cm³/mol. The Kier molecular flexibility index (Phi) is 3.97. The smallest absolute Gasteiger partial charge is 0.316 e. The lowest BCUT2D eigenvalue weighted by molar-refractivity contribution is 0.0680. The van der Waals surface area contributed by atoms with Crippen LogP contribution in [0, 0.1) is 0 Å². The van der Waals surface area contributed by atoms with Crippen LogP contribution < -0.4 is 9.47 Å². The molecule has 0 unspecified atom stereocenters. The zero-order valence-electron chi connectivity index (χ0n) is 11.5. The van der Waals surface area contributed by atoms with Crippen LogP contribution in [0.4, 0.5) is 0 Å². The van der Waals surface area contributed by atoms with Gasteiger partial charge >= 0.3 is 6.01 Å². The molecule has 1 saturated heterocycles. The maximum Gasteiger partial charge on any atom is 0.316 e. The molecule has 0 radical (unpaired) electrons. The van der Waals surface area contributed by atoms with E-state index in [9.17, 15) is 0 Å². The molecule has 2 heterocycles. The fourth-order valence-corrected chi connectivity index (χ4v) is 2.25. The van der Waals surface area contributed by atoms with Crippen molar-refractivity contribution in [3.8, 4) is 11.8 Å². The molecule has 1 fully saturated rings. The van der Waals surface area contributed by atoms with Crippen molar-refractivity contribution in [3.63, 3.8) is 0 Å². The van der Waals surface area contributed by atoms with Crippen molar-refractivity contribution in [2.75, 3.05) is 19.8 Å².